The Labute approximate surface area is 116 Å². The molecule has 19 heavy (non-hydrogen) atoms. The Morgan fingerprint density at radius 1 is 1.37 bits per heavy atom. The van der Waals surface area contributed by atoms with E-state index < -0.39 is 0 Å². The highest BCUT2D eigenvalue weighted by molar-refractivity contribution is 5.37. The third-order valence-corrected chi connectivity index (χ3v) is 4.09. The Morgan fingerprint density at radius 2 is 2.11 bits per heavy atom. The molecular weight excluding hydrogens is 238 g/mol. The fourth-order valence-electron chi connectivity index (χ4n) is 2.79. The molecule has 1 unspecified atom stereocenters. The molecular formula is C16H25NO2. The first-order valence-corrected chi connectivity index (χ1v) is 7.14. The quantitative estimate of drug-likeness (QED) is 0.885. The Balaban J connectivity index is 2.07. The lowest BCUT2D eigenvalue weighted by Gasteiger charge is -2.27. The van der Waals surface area contributed by atoms with E-state index in [9.17, 15) is 0 Å². The van der Waals surface area contributed by atoms with Crippen LogP contribution in [0.5, 0.6) is 5.75 Å². The van der Waals surface area contributed by atoms with Crippen LogP contribution in [0, 0.1) is 12.8 Å². The molecule has 2 rings (SSSR count). The van der Waals surface area contributed by atoms with Crippen molar-refractivity contribution in [2.24, 2.45) is 5.92 Å². The van der Waals surface area contributed by atoms with Crippen molar-refractivity contribution >= 4 is 0 Å². The predicted molar refractivity (Wildman–Crippen MR) is 77.7 cm³/mol. The highest BCUT2D eigenvalue weighted by atomic mass is 16.5. The summed E-state index contributed by atoms with van der Waals surface area (Å²) in [6, 6.07) is 6.91. The number of benzene rings is 1. The molecule has 1 saturated heterocycles. The normalized spacial score (nSPS) is 18.3. The zero-order valence-corrected chi connectivity index (χ0v) is 12.2. The monoisotopic (exact) mass is 263 g/mol. The van der Waals surface area contributed by atoms with Crippen molar-refractivity contribution in [3.05, 3.63) is 29.3 Å². The molecule has 0 aliphatic carbocycles. The van der Waals surface area contributed by atoms with E-state index in [0.29, 0.717) is 6.04 Å². The van der Waals surface area contributed by atoms with Crippen LogP contribution >= 0.6 is 0 Å². The zero-order chi connectivity index (χ0) is 13.7. The summed E-state index contributed by atoms with van der Waals surface area (Å²) in [5.74, 6) is 1.74. The van der Waals surface area contributed by atoms with Gasteiger partial charge in [0, 0.05) is 19.3 Å². The number of ether oxygens (including phenoxy) is 2. The summed E-state index contributed by atoms with van der Waals surface area (Å²) in [5.41, 5.74) is 2.50. The largest absolute Gasteiger partial charge is 0.496 e. The molecule has 3 heteroatoms. The first-order chi connectivity index (χ1) is 9.24. The van der Waals surface area contributed by atoms with Gasteiger partial charge in [-0.05, 0) is 56.3 Å². The van der Waals surface area contributed by atoms with Gasteiger partial charge >= 0.3 is 0 Å². The first-order valence-electron chi connectivity index (χ1n) is 7.14. The number of nitrogens with one attached hydrogen (secondary N) is 1. The van der Waals surface area contributed by atoms with Crippen LogP contribution in [-0.2, 0) is 4.74 Å². The lowest BCUT2D eigenvalue weighted by molar-refractivity contribution is 0.0608. The SMILES string of the molecule is CNC(CC1CCOCC1)c1ccc(C)c(OC)c1. The number of rotatable bonds is 5. The van der Waals surface area contributed by atoms with E-state index in [0.717, 1.165) is 24.9 Å². The van der Waals surface area contributed by atoms with E-state index in [1.807, 2.05) is 7.05 Å². The molecule has 0 amide bonds. The summed E-state index contributed by atoms with van der Waals surface area (Å²) < 4.78 is 10.9. The van der Waals surface area contributed by atoms with Gasteiger partial charge in [0.15, 0.2) is 0 Å². The van der Waals surface area contributed by atoms with Gasteiger partial charge in [-0.15, -0.1) is 0 Å². The highest BCUT2D eigenvalue weighted by Crippen LogP contribution is 2.30. The number of aryl methyl sites for hydroxylation is 1. The van der Waals surface area contributed by atoms with Crippen LogP contribution in [0.2, 0.25) is 0 Å². The van der Waals surface area contributed by atoms with Crippen molar-refractivity contribution in [2.75, 3.05) is 27.4 Å². The predicted octanol–water partition coefficient (Wildman–Crippen LogP) is 3.08. The molecule has 1 aliphatic rings. The molecule has 1 fully saturated rings. The number of methoxy groups -OCH3 is 1. The lowest BCUT2D eigenvalue weighted by atomic mass is 9.89. The van der Waals surface area contributed by atoms with Crippen LogP contribution in [0.1, 0.15) is 36.4 Å². The summed E-state index contributed by atoms with van der Waals surface area (Å²) in [6.07, 6.45) is 3.54. The second kappa shape index (κ2) is 6.92. The molecule has 1 aliphatic heterocycles. The number of hydrogen-bond acceptors (Lipinski definition) is 3. The maximum atomic E-state index is 5.43. The molecule has 1 N–H and O–H groups in total. The fourth-order valence-corrected chi connectivity index (χ4v) is 2.79. The van der Waals surface area contributed by atoms with Crippen molar-refractivity contribution in [3.63, 3.8) is 0 Å². The Bertz CT molecular complexity index is 400. The average Bonchev–Trinajstić information content (AvgIpc) is 2.46. The van der Waals surface area contributed by atoms with Crippen LogP contribution in [0.3, 0.4) is 0 Å². The van der Waals surface area contributed by atoms with Gasteiger partial charge in [-0.25, -0.2) is 0 Å². The molecule has 1 atom stereocenters. The van der Waals surface area contributed by atoms with Gasteiger partial charge in [-0.1, -0.05) is 12.1 Å². The second-order valence-corrected chi connectivity index (χ2v) is 5.36. The number of hydrogen-bond donors (Lipinski definition) is 1. The van der Waals surface area contributed by atoms with Gasteiger partial charge in [0.25, 0.3) is 0 Å². The molecule has 106 valence electrons. The Morgan fingerprint density at radius 3 is 2.74 bits per heavy atom. The molecule has 0 aromatic heterocycles. The maximum Gasteiger partial charge on any atom is 0.122 e. The summed E-state index contributed by atoms with van der Waals surface area (Å²) >= 11 is 0. The molecule has 3 nitrogen and oxygen atoms in total. The standard InChI is InChI=1S/C16H25NO2/c1-12-4-5-14(11-16(12)18-3)15(17-2)10-13-6-8-19-9-7-13/h4-5,11,13,15,17H,6-10H2,1-3H3. The second-order valence-electron chi connectivity index (χ2n) is 5.36. The molecule has 0 spiro atoms. The van der Waals surface area contributed by atoms with E-state index in [4.69, 9.17) is 9.47 Å². The maximum absolute atomic E-state index is 5.43. The topological polar surface area (TPSA) is 30.5 Å². The van der Waals surface area contributed by atoms with Crippen LogP contribution < -0.4 is 10.1 Å². The minimum atomic E-state index is 0.401. The van der Waals surface area contributed by atoms with Crippen molar-refractivity contribution in [3.8, 4) is 5.75 Å². The van der Waals surface area contributed by atoms with Gasteiger partial charge in [0.1, 0.15) is 5.75 Å². The van der Waals surface area contributed by atoms with Crippen LogP contribution in [0.15, 0.2) is 18.2 Å². The molecule has 1 aromatic carbocycles. The van der Waals surface area contributed by atoms with Crippen LogP contribution in [-0.4, -0.2) is 27.4 Å². The average molecular weight is 263 g/mol. The molecule has 0 saturated carbocycles. The summed E-state index contributed by atoms with van der Waals surface area (Å²) in [4.78, 5) is 0. The highest BCUT2D eigenvalue weighted by Gasteiger charge is 2.20. The summed E-state index contributed by atoms with van der Waals surface area (Å²) in [6.45, 7) is 3.91. The lowest BCUT2D eigenvalue weighted by Crippen LogP contribution is -2.24. The molecule has 0 radical (unpaired) electrons. The minimum absolute atomic E-state index is 0.401. The molecule has 1 heterocycles. The smallest absolute Gasteiger partial charge is 0.122 e. The van der Waals surface area contributed by atoms with Gasteiger partial charge in [-0.3, -0.25) is 0 Å². The third-order valence-electron chi connectivity index (χ3n) is 4.09. The van der Waals surface area contributed by atoms with Crippen molar-refractivity contribution < 1.29 is 9.47 Å². The Kier molecular flexibility index (Phi) is 5.23. The third kappa shape index (κ3) is 3.71. The van der Waals surface area contributed by atoms with E-state index in [-0.39, 0.29) is 0 Å². The summed E-state index contributed by atoms with van der Waals surface area (Å²) in [7, 11) is 3.77. The minimum Gasteiger partial charge on any atom is -0.496 e. The van der Waals surface area contributed by atoms with Crippen molar-refractivity contribution in [1.82, 2.24) is 5.32 Å². The van der Waals surface area contributed by atoms with Crippen LogP contribution in [0.4, 0.5) is 0 Å². The fraction of sp³-hybridized carbons (Fsp3) is 0.625. The molecule has 1 aromatic rings. The molecule has 0 bridgehead atoms. The van der Waals surface area contributed by atoms with Crippen LogP contribution in [0.25, 0.3) is 0 Å². The van der Waals surface area contributed by atoms with Gasteiger partial charge in [0.05, 0.1) is 7.11 Å². The van der Waals surface area contributed by atoms with Crippen molar-refractivity contribution in [1.29, 1.82) is 0 Å². The van der Waals surface area contributed by atoms with Gasteiger partial charge in [-0.2, -0.15) is 0 Å². The van der Waals surface area contributed by atoms with E-state index in [2.05, 4.69) is 30.4 Å². The van der Waals surface area contributed by atoms with E-state index in [1.165, 1.54) is 30.4 Å². The van der Waals surface area contributed by atoms with Gasteiger partial charge < -0.3 is 14.8 Å². The zero-order valence-electron chi connectivity index (χ0n) is 12.2. The van der Waals surface area contributed by atoms with Crippen molar-refractivity contribution in [2.45, 2.75) is 32.2 Å². The summed E-state index contributed by atoms with van der Waals surface area (Å²) in [5, 5.41) is 3.44. The first kappa shape index (κ1) is 14.4. The Hall–Kier alpha value is -1.06. The van der Waals surface area contributed by atoms with Gasteiger partial charge in [0.2, 0.25) is 0 Å². The van der Waals surface area contributed by atoms with E-state index in [1.54, 1.807) is 7.11 Å². The van der Waals surface area contributed by atoms with E-state index >= 15 is 0 Å².